The van der Waals surface area contributed by atoms with Gasteiger partial charge in [0.1, 0.15) is 59.0 Å². The van der Waals surface area contributed by atoms with Gasteiger partial charge in [-0.15, -0.1) is 11.8 Å². The molecule has 0 aromatic heterocycles. The number of halogens is 6. The molecular weight excluding hydrogens is 1860 g/mol. The molecular formula is C105H116F6N8O11S6. The van der Waals surface area contributed by atoms with Gasteiger partial charge in [0.15, 0.2) is 55.1 Å². The predicted octanol–water partition coefficient (Wildman–Crippen LogP) is 22.9. The van der Waals surface area contributed by atoms with Crippen LogP contribution in [0.2, 0.25) is 0 Å². The lowest BCUT2D eigenvalue weighted by Gasteiger charge is -2.32. The summed E-state index contributed by atoms with van der Waals surface area (Å²) in [6.07, 6.45) is 9.99. The summed E-state index contributed by atoms with van der Waals surface area (Å²) in [6, 6.07) is 49.1. The highest BCUT2D eigenvalue weighted by Crippen LogP contribution is 2.41. The maximum atomic E-state index is 14.0. The second kappa shape index (κ2) is 46.0. The highest BCUT2D eigenvalue weighted by molar-refractivity contribution is 8.02. The first-order chi connectivity index (χ1) is 64.3. The summed E-state index contributed by atoms with van der Waals surface area (Å²) in [6.45, 7) is 42.8. The molecule has 0 unspecified atom stereocenters. The third kappa shape index (κ3) is 28.5. The van der Waals surface area contributed by atoms with E-state index in [9.17, 15) is 68.4 Å². The first kappa shape index (κ1) is 105. The van der Waals surface area contributed by atoms with Crippen molar-refractivity contribution < 1.29 is 73.2 Å². The van der Waals surface area contributed by atoms with Crippen LogP contribution in [-0.2, 0) is 124 Å². The van der Waals surface area contributed by atoms with E-state index in [1.807, 2.05) is 113 Å². The lowest BCUT2D eigenvalue weighted by Crippen LogP contribution is -2.29. The topological polar surface area (TPSA) is 233 Å². The van der Waals surface area contributed by atoms with Gasteiger partial charge in [-0.25, -0.2) is 83.4 Å². The number of ether oxygens (including phenoxy) is 1. The average molecular weight is 1970 g/mol. The second-order valence-electron chi connectivity index (χ2n) is 34.4. The highest BCUT2D eigenvalue weighted by atomic mass is 32.2. The molecule has 0 amide bonds. The highest BCUT2D eigenvalue weighted by Gasteiger charge is 2.29. The third-order valence-electron chi connectivity index (χ3n) is 22.7. The van der Waals surface area contributed by atoms with Crippen molar-refractivity contribution in [2.45, 2.75) is 171 Å². The molecule has 0 aliphatic carbocycles. The summed E-state index contributed by atoms with van der Waals surface area (Å²) in [7, 11) is -17.3. The van der Waals surface area contributed by atoms with Gasteiger partial charge in [-0.3, -0.25) is 0 Å². The minimum absolute atomic E-state index is 0.0245. The van der Waals surface area contributed by atoms with E-state index in [1.165, 1.54) is 32.0 Å². The summed E-state index contributed by atoms with van der Waals surface area (Å²) in [5.41, 5.74) is 17.0. The molecule has 31 heteroatoms. The number of rotatable bonds is 30. The van der Waals surface area contributed by atoms with Gasteiger partial charge in [0.25, 0.3) is 0 Å². The van der Waals surface area contributed by atoms with Crippen molar-refractivity contribution in [3.05, 3.63) is 383 Å². The van der Waals surface area contributed by atoms with Gasteiger partial charge in [0, 0.05) is 102 Å². The number of nitrogens with zero attached hydrogens (tertiary/aromatic N) is 8. The number of aryl methyl sites for hydroxylation is 3. The van der Waals surface area contributed by atoms with Crippen molar-refractivity contribution in [3.8, 4) is 0 Å². The number of anilines is 5. The molecule has 0 saturated carbocycles. The van der Waals surface area contributed by atoms with E-state index in [0.717, 1.165) is 184 Å². The van der Waals surface area contributed by atoms with Crippen molar-refractivity contribution in [3.63, 3.8) is 0 Å². The summed E-state index contributed by atoms with van der Waals surface area (Å²) < 4.78 is 214. The number of benzene rings is 10. The van der Waals surface area contributed by atoms with Crippen LogP contribution in [0, 0.1) is 69.5 Å². The van der Waals surface area contributed by atoms with Gasteiger partial charge in [-0.2, -0.15) is 0 Å². The molecule has 720 valence electrons. The summed E-state index contributed by atoms with van der Waals surface area (Å²) in [5.74, 6) is -2.27. The Morgan fingerprint density at radius 3 is 1.01 bits per heavy atom. The molecule has 19 nitrogen and oxygen atoms in total. The van der Waals surface area contributed by atoms with Gasteiger partial charge < -0.3 is 29.2 Å². The van der Waals surface area contributed by atoms with E-state index in [1.54, 1.807) is 86.7 Å². The molecule has 0 saturated heterocycles. The minimum atomic E-state index is -3.60. The van der Waals surface area contributed by atoms with Gasteiger partial charge in [-0.05, 0) is 231 Å². The molecule has 0 spiro atoms. The van der Waals surface area contributed by atoms with Crippen molar-refractivity contribution in [2.75, 3.05) is 57.2 Å². The fourth-order valence-electron chi connectivity index (χ4n) is 16.0. The molecule has 0 radical (unpaired) electrons. The molecule has 15 rings (SSSR count). The Balaban J connectivity index is 0.000000163. The molecule has 0 atom stereocenters. The van der Waals surface area contributed by atoms with Crippen LogP contribution in [-0.4, -0.2) is 93.5 Å². The van der Waals surface area contributed by atoms with Crippen LogP contribution in [0.25, 0.3) is 0 Å². The molecule has 0 bridgehead atoms. The SMILES string of the molecule is C=C1N=Cc2cc(CS(=O)(=O)Cc3ccc(C)c(F)c3)ccc2N1CCC.C=C1N=Cc2cc(CS(=O)(=O)Cc3ccc(C)cc3)ccc2N1CCC.C=C1N=Cc2cc(CS(=O)(=O)Cc3ccc(C)cc3F)ccc2N1CCC.C=C1OCc2cc(CS(=O)(=O)Cc3cc(F)c(C)c(F)c3)ccc2N1CCC.C=C1SCc2cc(CS(=O)(=O)Cc3cc(F)c(C)c(F)c3)ccc2N1CCC. The van der Waals surface area contributed by atoms with Crippen LogP contribution < -0.4 is 24.5 Å². The van der Waals surface area contributed by atoms with E-state index >= 15 is 0 Å². The van der Waals surface area contributed by atoms with Crippen LogP contribution in [0.1, 0.15) is 178 Å². The monoisotopic (exact) mass is 1970 g/mol. The van der Waals surface area contributed by atoms with Gasteiger partial charge in [0.05, 0.1) is 85.3 Å². The minimum Gasteiger partial charge on any atom is -0.474 e. The van der Waals surface area contributed by atoms with Crippen molar-refractivity contribution >= 4 is 108 Å². The van der Waals surface area contributed by atoms with Crippen molar-refractivity contribution in [1.82, 2.24) is 0 Å². The Bertz CT molecular complexity index is 6700. The number of aliphatic imine (C=N–C) groups is 3. The molecule has 5 aliphatic heterocycles. The zero-order valence-corrected chi connectivity index (χ0v) is 83.3. The maximum Gasteiger partial charge on any atom is 0.186 e. The summed E-state index contributed by atoms with van der Waals surface area (Å²) >= 11 is 1.64. The lowest BCUT2D eigenvalue weighted by molar-refractivity contribution is 0.181. The maximum absolute atomic E-state index is 14.0. The number of thioether (sulfide) groups is 1. The van der Waals surface area contributed by atoms with Crippen LogP contribution in [0.3, 0.4) is 0 Å². The molecule has 0 fully saturated rings. The molecule has 5 aliphatic rings. The van der Waals surface area contributed by atoms with Gasteiger partial charge in [-0.1, -0.05) is 151 Å². The Kier molecular flexibility index (Phi) is 35.5. The molecule has 10 aromatic rings. The quantitative estimate of drug-likeness (QED) is 0.0381. The van der Waals surface area contributed by atoms with Crippen molar-refractivity contribution in [2.24, 2.45) is 15.0 Å². The van der Waals surface area contributed by atoms with E-state index in [2.05, 4.69) is 92.3 Å². The second-order valence-corrected chi connectivity index (χ2v) is 45.8. The molecule has 136 heavy (non-hydrogen) atoms. The number of hydrogen-bond acceptors (Lipinski definition) is 20. The molecule has 0 N–H and O–H groups in total. The Morgan fingerprint density at radius 2 is 0.625 bits per heavy atom. The molecule has 5 heterocycles. The van der Waals surface area contributed by atoms with Gasteiger partial charge in [0.2, 0.25) is 0 Å². The van der Waals surface area contributed by atoms with Crippen LogP contribution in [0.15, 0.2) is 252 Å². The zero-order valence-electron chi connectivity index (χ0n) is 78.4. The summed E-state index contributed by atoms with van der Waals surface area (Å²) in [5, 5.41) is 0.998. The Hall–Kier alpha value is -11.6. The first-order valence-electron chi connectivity index (χ1n) is 44.6. The number of hydrogen-bond donors (Lipinski definition) is 0. The number of fused-ring (bicyclic) bond motifs is 5. The Labute approximate surface area is 802 Å². The van der Waals surface area contributed by atoms with Crippen LogP contribution in [0.5, 0.6) is 0 Å². The predicted molar refractivity (Wildman–Crippen MR) is 542 cm³/mol. The largest absolute Gasteiger partial charge is 0.474 e. The standard InChI is InChI=1S/C21H23F2NO3S.C21H23F2NO2S2.2C21H23FN2O2S.C21H24N2O2S/c2*1-4-7-24-15(3)27-11-18-8-16(5-6-21(18)24)12-28(25,26)13-17-9-19(22)14(2)20(23)10-17;1-4-9-24-16(3)23-12-19-11-17(6-8-21(19)24)13-27(25,26)14-18-7-5-15(2)10-20(18)22;1-4-9-24-16(3)23-12-19-10-17(7-8-21(19)24)13-27(25,26)14-18-6-5-15(2)20(22)11-18;1-4-11-23-17(3)22-13-20-12-19(9-10-21(20)23)15-26(24,25)14-18-7-5-16(2)6-8-18/h2*5-6,8-10H,3-4,7,11-13H2,1-2H3;2*5-8,10-12H,3-4,9,13-14H2,1-2H3;5-10,12-13H,3-4,11,14-15H2,1-2H3. The zero-order chi connectivity index (χ0) is 98.9. The third-order valence-corrected chi connectivity index (χ3v) is 31.5. The van der Waals surface area contributed by atoms with Gasteiger partial charge >= 0.3 is 0 Å². The Morgan fingerprint density at radius 1 is 0.316 bits per heavy atom. The van der Waals surface area contributed by atoms with Crippen LogP contribution >= 0.6 is 11.8 Å². The van der Waals surface area contributed by atoms with E-state index in [4.69, 9.17) is 4.74 Å². The molecule has 10 aromatic carbocycles. The number of sulfone groups is 5. The van der Waals surface area contributed by atoms with Crippen LogP contribution in [0.4, 0.5) is 54.8 Å². The fourth-order valence-corrected chi connectivity index (χ4v) is 24.3. The lowest BCUT2D eigenvalue weighted by atomic mass is 10.1. The fraction of sp³-hybridized carbons (Fsp3) is 0.305. The normalized spacial score (nSPS) is 13.9. The van der Waals surface area contributed by atoms with E-state index in [0.29, 0.717) is 57.5 Å². The summed E-state index contributed by atoms with van der Waals surface area (Å²) in [4.78, 5) is 23.2. The van der Waals surface area contributed by atoms with E-state index in [-0.39, 0.29) is 79.7 Å². The smallest absolute Gasteiger partial charge is 0.186 e. The first-order valence-corrected chi connectivity index (χ1v) is 54.7. The average Bonchev–Trinajstić information content (AvgIpc) is 0.800. The van der Waals surface area contributed by atoms with E-state index < -0.39 is 89.8 Å². The van der Waals surface area contributed by atoms with Crippen molar-refractivity contribution in [1.29, 1.82) is 0 Å².